The normalized spacial score (nSPS) is 11.6. The van der Waals surface area contributed by atoms with E-state index in [4.69, 9.17) is 0 Å². The van der Waals surface area contributed by atoms with E-state index in [1.807, 2.05) is 14.1 Å². The molecule has 1 aromatic rings. The standard InChI is InChI=1S/C15H26N4/c1-6-16-15(18-12(2)3)17-11-13-7-9-14(10-8-13)19(4)5/h7-10,12H,6,11H2,1-5H3,(H2,16,17,18). The van der Waals surface area contributed by atoms with E-state index in [0.29, 0.717) is 12.6 Å². The van der Waals surface area contributed by atoms with Crippen LogP contribution in [0.15, 0.2) is 29.3 Å². The van der Waals surface area contributed by atoms with Gasteiger partial charge in [-0.3, -0.25) is 0 Å². The van der Waals surface area contributed by atoms with Crippen LogP contribution in [0.2, 0.25) is 0 Å². The summed E-state index contributed by atoms with van der Waals surface area (Å²) in [6, 6.07) is 8.87. The van der Waals surface area contributed by atoms with Crippen molar-refractivity contribution < 1.29 is 0 Å². The van der Waals surface area contributed by atoms with Gasteiger partial charge in [0.25, 0.3) is 0 Å². The van der Waals surface area contributed by atoms with Gasteiger partial charge in [0.1, 0.15) is 0 Å². The lowest BCUT2D eigenvalue weighted by Crippen LogP contribution is -2.40. The Bertz CT molecular complexity index is 393. The molecule has 106 valence electrons. The molecule has 0 spiro atoms. The fourth-order valence-electron chi connectivity index (χ4n) is 1.66. The van der Waals surface area contributed by atoms with E-state index in [-0.39, 0.29) is 0 Å². The largest absolute Gasteiger partial charge is 0.378 e. The molecule has 0 aromatic heterocycles. The van der Waals surface area contributed by atoms with Crippen LogP contribution in [0.4, 0.5) is 5.69 Å². The second-order valence-electron chi connectivity index (χ2n) is 5.06. The Morgan fingerprint density at radius 1 is 1.21 bits per heavy atom. The van der Waals surface area contributed by atoms with E-state index >= 15 is 0 Å². The van der Waals surface area contributed by atoms with Crippen LogP contribution in [0.3, 0.4) is 0 Å². The lowest BCUT2D eigenvalue weighted by Gasteiger charge is -2.14. The van der Waals surface area contributed by atoms with E-state index in [1.165, 1.54) is 11.3 Å². The van der Waals surface area contributed by atoms with Crippen molar-refractivity contribution in [3.05, 3.63) is 29.8 Å². The highest BCUT2D eigenvalue weighted by molar-refractivity contribution is 5.79. The lowest BCUT2D eigenvalue weighted by molar-refractivity contribution is 0.700. The van der Waals surface area contributed by atoms with Crippen molar-refractivity contribution in [1.29, 1.82) is 0 Å². The van der Waals surface area contributed by atoms with Crippen molar-refractivity contribution in [3.8, 4) is 0 Å². The molecule has 4 nitrogen and oxygen atoms in total. The number of aliphatic imine (C=N–C) groups is 1. The summed E-state index contributed by atoms with van der Waals surface area (Å²) in [6.07, 6.45) is 0. The maximum atomic E-state index is 4.58. The van der Waals surface area contributed by atoms with Crippen LogP contribution in [0, 0.1) is 0 Å². The summed E-state index contributed by atoms with van der Waals surface area (Å²) in [6.45, 7) is 7.86. The molecule has 0 radical (unpaired) electrons. The smallest absolute Gasteiger partial charge is 0.191 e. The maximum Gasteiger partial charge on any atom is 0.191 e. The molecule has 0 atom stereocenters. The Balaban J connectivity index is 2.66. The number of hydrogen-bond donors (Lipinski definition) is 2. The molecule has 0 bridgehead atoms. The number of hydrogen-bond acceptors (Lipinski definition) is 2. The number of nitrogens with zero attached hydrogens (tertiary/aromatic N) is 2. The van der Waals surface area contributed by atoms with Crippen molar-refractivity contribution >= 4 is 11.6 Å². The molecule has 0 aliphatic rings. The van der Waals surface area contributed by atoms with Crippen LogP contribution >= 0.6 is 0 Å². The van der Waals surface area contributed by atoms with Crippen LogP contribution in [0.25, 0.3) is 0 Å². The summed E-state index contributed by atoms with van der Waals surface area (Å²) in [4.78, 5) is 6.67. The molecule has 0 fully saturated rings. The molecule has 0 aliphatic heterocycles. The van der Waals surface area contributed by atoms with E-state index in [1.54, 1.807) is 0 Å². The highest BCUT2D eigenvalue weighted by Crippen LogP contribution is 2.12. The van der Waals surface area contributed by atoms with Gasteiger partial charge in [0.2, 0.25) is 0 Å². The van der Waals surface area contributed by atoms with Crippen molar-refractivity contribution in [3.63, 3.8) is 0 Å². The van der Waals surface area contributed by atoms with Crippen molar-refractivity contribution in [2.24, 2.45) is 4.99 Å². The third-order valence-electron chi connectivity index (χ3n) is 2.64. The van der Waals surface area contributed by atoms with Crippen LogP contribution < -0.4 is 15.5 Å². The minimum atomic E-state index is 0.383. The highest BCUT2D eigenvalue weighted by Gasteiger charge is 2.00. The zero-order valence-corrected chi connectivity index (χ0v) is 12.7. The quantitative estimate of drug-likeness (QED) is 0.631. The van der Waals surface area contributed by atoms with Gasteiger partial charge >= 0.3 is 0 Å². The Morgan fingerprint density at radius 3 is 2.32 bits per heavy atom. The monoisotopic (exact) mass is 262 g/mol. The predicted octanol–water partition coefficient (Wildman–Crippen LogP) is 2.22. The van der Waals surface area contributed by atoms with Gasteiger partial charge in [-0.2, -0.15) is 0 Å². The van der Waals surface area contributed by atoms with Gasteiger partial charge in [-0.1, -0.05) is 12.1 Å². The van der Waals surface area contributed by atoms with Crippen LogP contribution in [0.5, 0.6) is 0 Å². The molecule has 0 heterocycles. The van der Waals surface area contributed by atoms with E-state index in [0.717, 1.165) is 12.5 Å². The molecule has 0 amide bonds. The molecule has 2 N–H and O–H groups in total. The number of guanidine groups is 1. The first kappa shape index (κ1) is 15.3. The number of anilines is 1. The van der Waals surface area contributed by atoms with E-state index < -0.39 is 0 Å². The summed E-state index contributed by atoms with van der Waals surface area (Å²) in [5, 5.41) is 6.56. The Kier molecular flexibility index (Phi) is 6.19. The summed E-state index contributed by atoms with van der Waals surface area (Å²) in [7, 11) is 4.09. The predicted molar refractivity (Wildman–Crippen MR) is 83.9 cm³/mol. The molecule has 1 aromatic carbocycles. The molecular formula is C15H26N4. The van der Waals surface area contributed by atoms with Gasteiger partial charge in [-0.05, 0) is 38.5 Å². The fraction of sp³-hybridized carbons (Fsp3) is 0.533. The minimum absolute atomic E-state index is 0.383. The number of rotatable bonds is 5. The minimum Gasteiger partial charge on any atom is -0.378 e. The number of nitrogens with one attached hydrogen (secondary N) is 2. The molecule has 19 heavy (non-hydrogen) atoms. The molecule has 0 unspecified atom stereocenters. The van der Waals surface area contributed by atoms with Gasteiger partial charge in [-0.25, -0.2) is 4.99 Å². The van der Waals surface area contributed by atoms with Crippen LogP contribution in [-0.2, 0) is 6.54 Å². The topological polar surface area (TPSA) is 39.7 Å². The van der Waals surface area contributed by atoms with Crippen molar-refractivity contribution in [1.82, 2.24) is 10.6 Å². The average Bonchev–Trinajstić information content (AvgIpc) is 2.36. The molecule has 1 rings (SSSR count). The summed E-state index contributed by atoms with van der Waals surface area (Å²) in [5.41, 5.74) is 2.42. The van der Waals surface area contributed by atoms with E-state index in [9.17, 15) is 0 Å². The van der Waals surface area contributed by atoms with Gasteiger partial charge in [-0.15, -0.1) is 0 Å². The third-order valence-corrected chi connectivity index (χ3v) is 2.64. The molecule has 0 saturated heterocycles. The zero-order valence-electron chi connectivity index (χ0n) is 12.7. The fourth-order valence-corrected chi connectivity index (χ4v) is 1.66. The lowest BCUT2D eigenvalue weighted by atomic mass is 10.2. The van der Waals surface area contributed by atoms with Crippen LogP contribution in [0.1, 0.15) is 26.3 Å². The summed E-state index contributed by atoms with van der Waals surface area (Å²) >= 11 is 0. The average molecular weight is 262 g/mol. The zero-order chi connectivity index (χ0) is 14.3. The Hall–Kier alpha value is -1.71. The SMILES string of the molecule is CCNC(=NCc1ccc(N(C)C)cc1)NC(C)C. The van der Waals surface area contributed by atoms with Gasteiger partial charge in [0.15, 0.2) is 5.96 Å². The maximum absolute atomic E-state index is 4.58. The first-order chi connectivity index (χ1) is 9.02. The van der Waals surface area contributed by atoms with Crippen molar-refractivity contribution in [2.75, 3.05) is 25.5 Å². The molecular weight excluding hydrogens is 236 g/mol. The first-order valence-corrected chi connectivity index (χ1v) is 6.84. The summed E-state index contributed by atoms with van der Waals surface area (Å²) in [5.74, 6) is 0.870. The third kappa shape index (κ3) is 5.64. The van der Waals surface area contributed by atoms with Crippen molar-refractivity contribution in [2.45, 2.75) is 33.4 Å². The number of benzene rings is 1. The van der Waals surface area contributed by atoms with Crippen LogP contribution in [-0.4, -0.2) is 32.6 Å². The molecule has 4 heteroatoms. The highest BCUT2D eigenvalue weighted by atomic mass is 15.2. The second-order valence-corrected chi connectivity index (χ2v) is 5.06. The molecule has 0 saturated carbocycles. The Labute approximate surface area is 116 Å². The molecule has 0 aliphatic carbocycles. The summed E-state index contributed by atoms with van der Waals surface area (Å²) < 4.78 is 0. The second kappa shape index (κ2) is 7.67. The van der Waals surface area contributed by atoms with Gasteiger partial charge in [0, 0.05) is 32.4 Å². The van der Waals surface area contributed by atoms with Gasteiger partial charge in [0.05, 0.1) is 6.54 Å². The first-order valence-electron chi connectivity index (χ1n) is 6.84. The van der Waals surface area contributed by atoms with E-state index in [2.05, 4.69) is 65.6 Å². The van der Waals surface area contributed by atoms with Gasteiger partial charge < -0.3 is 15.5 Å². The Morgan fingerprint density at radius 2 is 1.84 bits per heavy atom.